The quantitative estimate of drug-likeness (QED) is 0.547. The molecule has 2 unspecified atom stereocenters. The molecule has 0 spiro atoms. The van der Waals surface area contributed by atoms with E-state index in [1.807, 2.05) is 0 Å². The van der Waals surface area contributed by atoms with E-state index >= 15 is 0 Å². The highest BCUT2D eigenvalue weighted by Crippen LogP contribution is 2.35. The van der Waals surface area contributed by atoms with Gasteiger partial charge in [0, 0.05) is 18.3 Å². The Morgan fingerprint density at radius 3 is 1.13 bits per heavy atom. The maximum absolute atomic E-state index is 12.5. The normalized spacial score (nSPS) is 20.0. The second-order valence-electron chi connectivity index (χ2n) is 6.58. The van der Waals surface area contributed by atoms with Gasteiger partial charge in [0.15, 0.2) is 11.2 Å². The standard InChI is InChI=1S/C15H22F6O2/c1-11(2,7-5-9-12(3,22)14(16,17)18)8-6-10-13(4,23)15(19,20)21/h5-8,22-23H,9-10H2,1-4H3/b7-5+,8-6+. The summed E-state index contributed by atoms with van der Waals surface area (Å²) in [5.41, 5.74) is -6.57. The van der Waals surface area contributed by atoms with Crippen LogP contribution in [0, 0.1) is 5.41 Å². The second-order valence-corrected chi connectivity index (χ2v) is 6.58. The van der Waals surface area contributed by atoms with Gasteiger partial charge < -0.3 is 10.2 Å². The van der Waals surface area contributed by atoms with E-state index in [1.165, 1.54) is 12.2 Å². The minimum absolute atomic E-state index is 0.640. The van der Waals surface area contributed by atoms with Gasteiger partial charge in [-0.2, -0.15) is 26.3 Å². The van der Waals surface area contributed by atoms with Crippen LogP contribution in [0.3, 0.4) is 0 Å². The van der Waals surface area contributed by atoms with Gasteiger partial charge in [-0.15, -0.1) is 0 Å². The molecule has 0 saturated heterocycles. The first-order valence-corrected chi connectivity index (χ1v) is 6.85. The lowest BCUT2D eigenvalue weighted by Gasteiger charge is -2.26. The van der Waals surface area contributed by atoms with Crippen LogP contribution in [0.4, 0.5) is 26.3 Å². The highest BCUT2D eigenvalue weighted by Gasteiger charge is 2.49. The molecule has 0 aromatic rings. The zero-order valence-electron chi connectivity index (χ0n) is 13.4. The molecule has 0 aliphatic rings. The van der Waals surface area contributed by atoms with Crippen LogP contribution in [0.1, 0.15) is 40.5 Å². The predicted octanol–water partition coefficient (Wildman–Crippen LogP) is 4.53. The van der Waals surface area contributed by atoms with Crippen LogP contribution in [-0.2, 0) is 0 Å². The number of hydrogen-bond acceptors (Lipinski definition) is 2. The fourth-order valence-electron chi connectivity index (χ4n) is 1.47. The third kappa shape index (κ3) is 6.95. The van der Waals surface area contributed by atoms with Crippen molar-refractivity contribution in [1.82, 2.24) is 0 Å². The Kier molecular flexibility index (Phi) is 6.54. The van der Waals surface area contributed by atoms with Crippen molar-refractivity contribution in [1.29, 1.82) is 0 Å². The fourth-order valence-corrected chi connectivity index (χ4v) is 1.47. The SMILES string of the molecule is CC(C)(/C=C/CC(C)(O)C(F)(F)F)/C=C/CC(C)(O)C(F)(F)F. The molecule has 0 amide bonds. The number of aliphatic hydroxyl groups is 2. The molecule has 136 valence electrons. The van der Waals surface area contributed by atoms with Crippen LogP contribution in [-0.4, -0.2) is 33.8 Å². The molecule has 0 bridgehead atoms. The summed E-state index contributed by atoms with van der Waals surface area (Å²) in [7, 11) is 0. The maximum Gasteiger partial charge on any atom is 0.417 e. The summed E-state index contributed by atoms with van der Waals surface area (Å²) in [4.78, 5) is 0. The number of alkyl halides is 6. The van der Waals surface area contributed by atoms with Gasteiger partial charge in [-0.1, -0.05) is 38.2 Å². The van der Waals surface area contributed by atoms with Crippen molar-refractivity contribution in [2.75, 3.05) is 0 Å². The van der Waals surface area contributed by atoms with Gasteiger partial charge in [0.25, 0.3) is 0 Å². The van der Waals surface area contributed by atoms with Gasteiger partial charge in [0.2, 0.25) is 0 Å². The van der Waals surface area contributed by atoms with Gasteiger partial charge in [-0.25, -0.2) is 0 Å². The Balaban J connectivity index is 4.79. The third-order valence-corrected chi connectivity index (χ3v) is 3.35. The molecule has 0 radical (unpaired) electrons. The molecule has 8 heteroatoms. The lowest BCUT2D eigenvalue weighted by atomic mass is 9.89. The Labute approximate surface area is 131 Å². The van der Waals surface area contributed by atoms with E-state index in [-0.39, 0.29) is 0 Å². The third-order valence-electron chi connectivity index (χ3n) is 3.35. The van der Waals surface area contributed by atoms with E-state index in [0.29, 0.717) is 13.8 Å². The molecule has 2 nitrogen and oxygen atoms in total. The monoisotopic (exact) mass is 348 g/mol. The minimum atomic E-state index is -4.78. The Morgan fingerprint density at radius 1 is 0.652 bits per heavy atom. The molecule has 0 aliphatic carbocycles. The predicted molar refractivity (Wildman–Crippen MR) is 74.7 cm³/mol. The van der Waals surface area contributed by atoms with Crippen LogP contribution in [0.15, 0.2) is 24.3 Å². The Bertz CT molecular complexity index is 402. The molecule has 0 aliphatic heterocycles. The van der Waals surface area contributed by atoms with Crippen molar-refractivity contribution >= 4 is 0 Å². The number of hydrogen-bond donors (Lipinski definition) is 2. The van der Waals surface area contributed by atoms with E-state index in [9.17, 15) is 36.6 Å². The zero-order valence-corrected chi connectivity index (χ0v) is 13.4. The lowest BCUT2D eigenvalue weighted by molar-refractivity contribution is -0.251. The Hall–Kier alpha value is -1.02. The van der Waals surface area contributed by atoms with Gasteiger partial charge in [0.05, 0.1) is 0 Å². The molecule has 2 N–H and O–H groups in total. The molecule has 0 aromatic heterocycles. The smallest absolute Gasteiger partial charge is 0.380 e. The topological polar surface area (TPSA) is 40.5 Å². The van der Waals surface area contributed by atoms with Gasteiger partial charge in [0.1, 0.15) is 0 Å². The lowest BCUT2D eigenvalue weighted by Crippen LogP contribution is -2.41. The molecule has 0 fully saturated rings. The summed E-state index contributed by atoms with van der Waals surface area (Å²) < 4.78 is 74.8. The first-order valence-electron chi connectivity index (χ1n) is 6.85. The summed E-state index contributed by atoms with van der Waals surface area (Å²) >= 11 is 0. The molecule has 0 aromatic carbocycles. The van der Waals surface area contributed by atoms with E-state index < -0.39 is 41.8 Å². The van der Waals surface area contributed by atoms with Crippen molar-refractivity contribution in [2.45, 2.75) is 64.1 Å². The van der Waals surface area contributed by atoms with Gasteiger partial charge in [-0.05, 0) is 13.8 Å². The second kappa shape index (κ2) is 6.84. The number of rotatable bonds is 6. The zero-order chi connectivity index (χ0) is 18.7. The molecule has 2 atom stereocenters. The average Bonchev–Trinajstić information content (AvgIpc) is 2.24. The molecule has 0 saturated carbocycles. The summed E-state index contributed by atoms with van der Waals surface area (Å²) in [6.07, 6.45) is -5.94. The summed E-state index contributed by atoms with van der Waals surface area (Å²) in [6, 6.07) is 0. The van der Waals surface area contributed by atoms with E-state index in [0.717, 1.165) is 12.2 Å². The fraction of sp³-hybridized carbons (Fsp3) is 0.733. The van der Waals surface area contributed by atoms with Crippen LogP contribution in [0.5, 0.6) is 0 Å². The van der Waals surface area contributed by atoms with Crippen molar-refractivity contribution in [3.8, 4) is 0 Å². The van der Waals surface area contributed by atoms with Crippen LogP contribution in [0.2, 0.25) is 0 Å². The minimum Gasteiger partial charge on any atom is -0.380 e. The molecule has 0 rings (SSSR count). The first kappa shape index (κ1) is 22.0. The summed E-state index contributed by atoms with van der Waals surface area (Å²) in [6.45, 7) is 4.43. The van der Waals surface area contributed by atoms with E-state index in [1.54, 1.807) is 13.8 Å². The largest absolute Gasteiger partial charge is 0.417 e. The first-order chi connectivity index (χ1) is 9.91. The average molecular weight is 348 g/mol. The van der Waals surface area contributed by atoms with Gasteiger partial charge >= 0.3 is 12.4 Å². The van der Waals surface area contributed by atoms with Crippen molar-refractivity contribution < 1.29 is 36.6 Å². The van der Waals surface area contributed by atoms with Crippen molar-refractivity contribution in [3.63, 3.8) is 0 Å². The van der Waals surface area contributed by atoms with Gasteiger partial charge in [-0.3, -0.25) is 0 Å². The highest BCUT2D eigenvalue weighted by molar-refractivity contribution is 5.10. The molecule has 0 heterocycles. The Morgan fingerprint density at radius 2 is 0.913 bits per heavy atom. The van der Waals surface area contributed by atoms with Crippen molar-refractivity contribution in [3.05, 3.63) is 24.3 Å². The highest BCUT2D eigenvalue weighted by atomic mass is 19.4. The summed E-state index contributed by atoms with van der Waals surface area (Å²) in [5.74, 6) is 0. The number of allylic oxidation sites excluding steroid dienone is 2. The molecular formula is C15H22F6O2. The van der Waals surface area contributed by atoms with Crippen LogP contribution in [0.25, 0.3) is 0 Å². The van der Waals surface area contributed by atoms with Crippen LogP contribution < -0.4 is 0 Å². The molecule has 23 heavy (non-hydrogen) atoms. The van der Waals surface area contributed by atoms with Crippen LogP contribution >= 0.6 is 0 Å². The maximum atomic E-state index is 12.5. The van der Waals surface area contributed by atoms with Crippen molar-refractivity contribution in [2.24, 2.45) is 5.41 Å². The van der Waals surface area contributed by atoms with E-state index in [4.69, 9.17) is 0 Å². The number of halogens is 6. The van der Waals surface area contributed by atoms with E-state index in [2.05, 4.69) is 0 Å². The summed E-state index contributed by atoms with van der Waals surface area (Å²) in [5, 5.41) is 18.5. The molecular weight excluding hydrogens is 326 g/mol.